The molecule has 2 aromatic rings. The van der Waals surface area contributed by atoms with Crippen LogP contribution in [-0.2, 0) is 9.59 Å². The van der Waals surface area contributed by atoms with Gasteiger partial charge in [0.05, 0.1) is 11.4 Å². The number of benzene rings is 2. The van der Waals surface area contributed by atoms with Crippen molar-refractivity contribution in [2.75, 3.05) is 18.0 Å². The molecule has 0 atom stereocenters. The fourth-order valence-corrected chi connectivity index (χ4v) is 2.61. The molecule has 0 N–H and O–H groups in total. The number of hydrogen-bond acceptors (Lipinski definition) is 5. The number of allylic oxidation sites excluding steroid dienone is 2. The Hall–Kier alpha value is -3.34. The minimum Gasteiger partial charge on any atom is -0.371 e. The Labute approximate surface area is 172 Å². The largest absolute Gasteiger partial charge is 0.371 e. The molecule has 5 nitrogen and oxygen atoms in total. The molecule has 0 spiro atoms. The topological polar surface area (TPSA) is 62.1 Å². The van der Waals surface area contributed by atoms with E-state index in [9.17, 15) is 9.59 Å². The molecule has 29 heavy (non-hydrogen) atoms. The van der Waals surface area contributed by atoms with E-state index in [-0.39, 0.29) is 11.6 Å². The van der Waals surface area contributed by atoms with Crippen molar-refractivity contribution in [2.45, 2.75) is 26.7 Å². The van der Waals surface area contributed by atoms with Crippen LogP contribution in [0.4, 0.5) is 17.1 Å². The van der Waals surface area contributed by atoms with Crippen LogP contribution >= 0.6 is 0 Å². The summed E-state index contributed by atoms with van der Waals surface area (Å²) in [7, 11) is 0. The zero-order chi connectivity index (χ0) is 21.2. The molecule has 0 radical (unpaired) electrons. The molecule has 0 saturated carbocycles. The molecule has 0 heterocycles. The zero-order valence-electron chi connectivity index (χ0n) is 17.1. The molecule has 2 aromatic carbocycles. The van der Waals surface area contributed by atoms with Gasteiger partial charge in [0.1, 0.15) is 0 Å². The van der Waals surface area contributed by atoms with Gasteiger partial charge in [-0.2, -0.15) is 10.2 Å². The fourth-order valence-electron chi connectivity index (χ4n) is 2.61. The molecule has 0 aliphatic heterocycles. The number of rotatable bonds is 11. The molecule has 2 rings (SSSR count). The number of carbonyl (C=O) groups excluding carboxylic acids is 2. The van der Waals surface area contributed by atoms with Crippen molar-refractivity contribution in [1.82, 2.24) is 0 Å². The van der Waals surface area contributed by atoms with Gasteiger partial charge < -0.3 is 4.90 Å². The molecular formula is C24H27N3O2. The summed E-state index contributed by atoms with van der Waals surface area (Å²) >= 11 is 0. The van der Waals surface area contributed by atoms with Crippen molar-refractivity contribution in [1.29, 1.82) is 0 Å². The van der Waals surface area contributed by atoms with Gasteiger partial charge in [-0.1, -0.05) is 31.4 Å². The van der Waals surface area contributed by atoms with Gasteiger partial charge in [-0.3, -0.25) is 9.59 Å². The summed E-state index contributed by atoms with van der Waals surface area (Å²) in [6, 6.07) is 17.1. The van der Waals surface area contributed by atoms with Crippen LogP contribution < -0.4 is 4.90 Å². The molecule has 5 heteroatoms. The predicted molar refractivity (Wildman–Crippen MR) is 118 cm³/mol. The van der Waals surface area contributed by atoms with E-state index in [0.717, 1.165) is 17.1 Å². The monoisotopic (exact) mass is 389 g/mol. The van der Waals surface area contributed by atoms with Crippen molar-refractivity contribution >= 4 is 28.6 Å². The van der Waals surface area contributed by atoms with E-state index in [4.69, 9.17) is 0 Å². The van der Waals surface area contributed by atoms with Crippen molar-refractivity contribution in [3.05, 3.63) is 78.9 Å². The standard InChI is InChI=1S/C24H27N3O2/c1-18(2)23(28)14-16-27(17-15-24(29)19(3)4)22-12-10-21(11-13-22)26-25-20-8-6-5-7-9-20/h5-13H,1,3,14-17H2,2,4H3. The van der Waals surface area contributed by atoms with Crippen LogP contribution in [0.3, 0.4) is 0 Å². The number of azo groups is 1. The summed E-state index contributed by atoms with van der Waals surface area (Å²) in [5.41, 5.74) is 3.52. The Bertz CT molecular complexity index is 869. The maximum absolute atomic E-state index is 12.0. The second-order valence-electron chi connectivity index (χ2n) is 6.95. The average molecular weight is 389 g/mol. The molecular weight excluding hydrogens is 362 g/mol. The van der Waals surface area contributed by atoms with E-state index >= 15 is 0 Å². The van der Waals surface area contributed by atoms with E-state index in [1.807, 2.05) is 59.5 Å². The van der Waals surface area contributed by atoms with Crippen LogP contribution in [0, 0.1) is 0 Å². The molecule has 0 aliphatic carbocycles. The fraction of sp³-hybridized carbons (Fsp3) is 0.250. The van der Waals surface area contributed by atoms with E-state index in [1.165, 1.54) is 0 Å². The maximum Gasteiger partial charge on any atom is 0.159 e. The Kier molecular flexibility index (Phi) is 8.22. The van der Waals surface area contributed by atoms with Crippen molar-refractivity contribution in [3.63, 3.8) is 0 Å². The normalized spacial score (nSPS) is 10.7. The third-order valence-electron chi connectivity index (χ3n) is 4.42. The second-order valence-corrected chi connectivity index (χ2v) is 6.95. The van der Waals surface area contributed by atoms with Crippen LogP contribution in [0.25, 0.3) is 0 Å². The van der Waals surface area contributed by atoms with Crippen LogP contribution in [0.2, 0.25) is 0 Å². The summed E-state index contributed by atoms with van der Waals surface area (Å²) in [6.07, 6.45) is 0.706. The van der Waals surface area contributed by atoms with Crippen LogP contribution in [0.5, 0.6) is 0 Å². The summed E-state index contributed by atoms with van der Waals surface area (Å²) in [5.74, 6) is 0.0454. The Morgan fingerprint density at radius 3 is 1.66 bits per heavy atom. The number of Topliss-reactive ketones (excluding diaryl/α,β-unsaturated/α-hetero) is 2. The number of anilines is 1. The summed E-state index contributed by atoms with van der Waals surface area (Å²) in [6.45, 7) is 11.9. The molecule has 0 amide bonds. The average Bonchev–Trinajstić information content (AvgIpc) is 2.73. The van der Waals surface area contributed by atoms with Gasteiger partial charge in [-0.05, 0) is 61.4 Å². The third kappa shape index (κ3) is 7.30. The second kappa shape index (κ2) is 10.9. The van der Waals surface area contributed by atoms with Crippen molar-refractivity contribution in [3.8, 4) is 0 Å². The SMILES string of the molecule is C=C(C)C(=O)CCN(CCC(=O)C(=C)C)c1ccc(N=Nc2ccccc2)cc1. The molecule has 150 valence electrons. The zero-order valence-corrected chi connectivity index (χ0v) is 17.1. The highest BCUT2D eigenvalue weighted by Gasteiger charge is 2.12. The van der Waals surface area contributed by atoms with E-state index in [1.54, 1.807) is 13.8 Å². The quantitative estimate of drug-likeness (QED) is 0.351. The van der Waals surface area contributed by atoms with Gasteiger partial charge in [-0.25, -0.2) is 0 Å². The molecule has 0 saturated heterocycles. The molecule has 0 bridgehead atoms. The Morgan fingerprint density at radius 1 is 0.759 bits per heavy atom. The van der Waals surface area contributed by atoms with E-state index in [2.05, 4.69) is 23.4 Å². The minimum absolute atomic E-state index is 0.0227. The predicted octanol–water partition coefficient (Wildman–Crippen LogP) is 5.98. The minimum atomic E-state index is 0.0227. The number of carbonyl (C=O) groups is 2. The first-order valence-electron chi connectivity index (χ1n) is 9.56. The van der Waals surface area contributed by atoms with Crippen molar-refractivity contribution < 1.29 is 9.59 Å². The molecule has 0 unspecified atom stereocenters. The lowest BCUT2D eigenvalue weighted by atomic mass is 10.1. The lowest BCUT2D eigenvalue weighted by molar-refractivity contribution is -0.115. The first kappa shape index (κ1) is 22.0. The highest BCUT2D eigenvalue weighted by Crippen LogP contribution is 2.23. The number of ketones is 2. The van der Waals surface area contributed by atoms with Gasteiger partial charge in [-0.15, -0.1) is 0 Å². The Morgan fingerprint density at radius 2 is 1.21 bits per heavy atom. The number of nitrogens with zero attached hydrogens (tertiary/aromatic N) is 3. The van der Waals surface area contributed by atoms with Crippen LogP contribution in [0.15, 0.2) is 89.1 Å². The number of hydrogen-bond donors (Lipinski definition) is 0. The van der Waals surface area contributed by atoms with Gasteiger partial charge >= 0.3 is 0 Å². The molecule has 0 aliphatic rings. The maximum atomic E-state index is 12.0. The van der Waals surface area contributed by atoms with Gasteiger partial charge in [0.2, 0.25) is 0 Å². The molecule has 0 fully saturated rings. The third-order valence-corrected chi connectivity index (χ3v) is 4.42. The first-order valence-corrected chi connectivity index (χ1v) is 9.56. The van der Waals surface area contributed by atoms with E-state index in [0.29, 0.717) is 37.1 Å². The van der Waals surface area contributed by atoms with Crippen LogP contribution in [0.1, 0.15) is 26.7 Å². The molecule has 0 aromatic heterocycles. The summed E-state index contributed by atoms with van der Waals surface area (Å²) in [4.78, 5) is 26.0. The van der Waals surface area contributed by atoms with Gasteiger partial charge in [0.15, 0.2) is 11.6 Å². The first-order chi connectivity index (χ1) is 13.9. The highest BCUT2D eigenvalue weighted by molar-refractivity contribution is 5.95. The lowest BCUT2D eigenvalue weighted by Crippen LogP contribution is -2.29. The summed E-state index contributed by atoms with van der Waals surface area (Å²) in [5, 5.41) is 8.46. The lowest BCUT2D eigenvalue weighted by Gasteiger charge is -2.24. The van der Waals surface area contributed by atoms with Gasteiger partial charge in [0, 0.05) is 31.6 Å². The summed E-state index contributed by atoms with van der Waals surface area (Å²) < 4.78 is 0. The van der Waals surface area contributed by atoms with Gasteiger partial charge in [0.25, 0.3) is 0 Å². The van der Waals surface area contributed by atoms with E-state index < -0.39 is 0 Å². The highest BCUT2D eigenvalue weighted by atomic mass is 16.1. The van der Waals surface area contributed by atoms with Crippen molar-refractivity contribution in [2.24, 2.45) is 10.2 Å². The van der Waals surface area contributed by atoms with Crippen LogP contribution in [-0.4, -0.2) is 24.7 Å². The Balaban J connectivity index is 2.10. The smallest absolute Gasteiger partial charge is 0.159 e.